The first-order valence-electron chi connectivity index (χ1n) is 8.62. The lowest BCUT2D eigenvalue weighted by molar-refractivity contribution is 0.102. The summed E-state index contributed by atoms with van der Waals surface area (Å²) >= 11 is 6.23. The van der Waals surface area contributed by atoms with Gasteiger partial charge in [-0.05, 0) is 48.4 Å². The average molecular weight is 365 g/mol. The molecule has 0 saturated carbocycles. The number of rotatable bonds is 7. The highest BCUT2D eigenvalue weighted by atomic mass is 35.5. The fourth-order valence-electron chi connectivity index (χ4n) is 2.67. The Hall–Kier alpha value is -2.62. The molecule has 3 aromatic rings. The molecule has 0 unspecified atom stereocenters. The standard InChI is InChI=1S/C22H21ClN2O/c23-20-12-11-18(16-24-14-13-17-7-3-1-4-8-17)15-21(20)25-22(26)19-9-5-2-6-10-19/h1-12,15,24H,13-14,16H2,(H,25,26). The molecule has 0 saturated heterocycles. The molecule has 0 aliphatic rings. The Morgan fingerprint density at radius 2 is 1.54 bits per heavy atom. The molecule has 0 aliphatic heterocycles. The zero-order valence-corrected chi connectivity index (χ0v) is 15.2. The van der Waals surface area contributed by atoms with Gasteiger partial charge in [0.2, 0.25) is 0 Å². The molecule has 3 nitrogen and oxygen atoms in total. The second-order valence-corrected chi connectivity index (χ2v) is 6.45. The lowest BCUT2D eigenvalue weighted by atomic mass is 10.1. The number of carbonyl (C=O) groups is 1. The summed E-state index contributed by atoms with van der Waals surface area (Å²) in [5.74, 6) is -0.165. The lowest BCUT2D eigenvalue weighted by Crippen LogP contribution is -2.17. The predicted octanol–water partition coefficient (Wildman–Crippen LogP) is 4.92. The van der Waals surface area contributed by atoms with Gasteiger partial charge >= 0.3 is 0 Å². The predicted molar refractivity (Wildman–Crippen MR) is 108 cm³/mol. The van der Waals surface area contributed by atoms with Gasteiger partial charge in [0.15, 0.2) is 0 Å². The van der Waals surface area contributed by atoms with Gasteiger partial charge in [0.1, 0.15) is 0 Å². The van der Waals surface area contributed by atoms with E-state index in [1.807, 2.05) is 42.5 Å². The van der Waals surface area contributed by atoms with Crippen molar-refractivity contribution in [2.45, 2.75) is 13.0 Å². The summed E-state index contributed by atoms with van der Waals surface area (Å²) in [7, 11) is 0. The van der Waals surface area contributed by atoms with Crippen LogP contribution in [0.3, 0.4) is 0 Å². The van der Waals surface area contributed by atoms with Gasteiger partial charge in [-0.1, -0.05) is 66.2 Å². The van der Waals surface area contributed by atoms with Gasteiger partial charge in [0.05, 0.1) is 10.7 Å². The number of benzene rings is 3. The second-order valence-electron chi connectivity index (χ2n) is 6.05. The van der Waals surface area contributed by atoms with E-state index in [1.54, 1.807) is 12.1 Å². The summed E-state index contributed by atoms with van der Waals surface area (Å²) in [6.45, 7) is 1.61. The molecular weight excluding hydrogens is 344 g/mol. The number of carbonyl (C=O) groups excluding carboxylic acids is 1. The first kappa shape index (κ1) is 18.2. The maximum absolute atomic E-state index is 12.3. The van der Waals surface area contributed by atoms with Crippen LogP contribution in [0.4, 0.5) is 5.69 Å². The molecule has 0 spiro atoms. The van der Waals surface area contributed by atoms with Crippen molar-refractivity contribution in [3.63, 3.8) is 0 Å². The number of halogens is 1. The van der Waals surface area contributed by atoms with Crippen molar-refractivity contribution < 1.29 is 4.79 Å². The molecule has 3 aromatic carbocycles. The minimum Gasteiger partial charge on any atom is -0.321 e. The van der Waals surface area contributed by atoms with Crippen LogP contribution < -0.4 is 10.6 Å². The van der Waals surface area contributed by atoms with Gasteiger partial charge in [-0.15, -0.1) is 0 Å². The van der Waals surface area contributed by atoms with E-state index in [0.29, 0.717) is 16.3 Å². The molecule has 0 bridgehead atoms. The van der Waals surface area contributed by atoms with Crippen LogP contribution in [0, 0.1) is 0 Å². The fourth-order valence-corrected chi connectivity index (χ4v) is 2.84. The minimum absolute atomic E-state index is 0.165. The maximum atomic E-state index is 12.3. The number of hydrogen-bond acceptors (Lipinski definition) is 2. The summed E-state index contributed by atoms with van der Waals surface area (Å²) in [6, 6.07) is 25.2. The number of anilines is 1. The SMILES string of the molecule is O=C(Nc1cc(CNCCc2ccccc2)ccc1Cl)c1ccccc1. The third-order valence-electron chi connectivity index (χ3n) is 4.08. The molecule has 0 heterocycles. The Bertz CT molecular complexity index is 851. The lowest BCUT2D eigenvalue weighted by Gasteiger charge is -2.11. The number of nitrogens with one attached hydrogen (secondary N) is 2. The van der Waals surface area contributed by atoms with Crippen LogP contribution in [0.15, 0.2) is 78.9 Å². The van der Waals surface area contributed by atoms with E-state index >= 15 is 0 Å². The smallest absolute Gasteiger partial charge is 0.255 e. The third kappa shape index (κ3) is 5.19. The summed E-state index contributed by atoms with van der Waals surface area (Å²) in [6.07, 6.45) is 0.978. The number of amides is 1. The molecule has 0 aliphatic carbocycles. The minimum atomic E-state index is -0.165. The number of hydrogen-bond donors (Lipinski definition) is 2. The Labute approximate surface area is 159 Å². The van der Waals surface area contributed by atoms with Crippen molar-refractivity contribution >= 4 is 23.2 Å². The quantitative estimate of drug-likeness (QED) is 0.584. The molecule has 3 rings (SSSR count). The third-order valence-corrected chi connectivity index (χ3v) is 4.41. The Morgan fingerprint density at radius 3 is 2.27 bits per heavy atom. The van der Waals surface area contributed by atoms with Crippen LogP contribution in [0.25, 0.3) is 0 Å². The van der Waals surface area contributed by atoms with Crippen molar-refractivity contribution in [3.8, 4) is 0 Å². The highest BCUT2D eigenvalue weighted by Gasteiger charge is 2.08. The molecule has 26 heavy (non-hydrogen) atoms. The van der Waals surface area contributed by atoms with Crippen LogP contribution in [0.1, 0.15) is 21.5 Å². The molecule has 4 heteroatoms. The Balaban J connectivity index is 1.56. The molecule has 0 radical (unpaired) electrons. The molecule has 1 amide bonds. The van der Waals surface area contributed by atoms with Crippen LogP contribution in [0.5, 0.6) is 0 Å². The summed E-state index contributed by atoms with van der Waals surface area (Å²) in [4.78, 5) is 12.3. The zero-order chi connectivity index (χ0) is 18.2. The van der Waals surface area contributed by atoms with Gasteiger partial charge in [-0.3, -0.25) is 4.79 Å². The van der Waals surface area contributed by atoms with E-state index in [-0.39, 0.29) is 5.91 Å². The molecule has 2 N–H and O–H groups in total. The van der Waals surface area contributed by atoms with E-state index in [4.69, 9.17) is 11.6 Å². The van der Waals surface area contributed by atoms with Crippen LogP contribution in [-0.2, 0) is 13.0 Å². The van der Waals surface area contributed by atoms with Crippen molar-refractivity contribution in [1.29, 1.82) is 0 Å². The summed E-state index contributed by atoms with van der Waals surface area (Å²) < 4.78 is 0. The van der Waals surface area contributed by atoms with E-state index < -0.39 is 0 Å². The zero-order valence-electron chi connectivity index (χ0n) is 14.4. The first-order valence-corrected chi connectivity index (χ1v) is 8.99. The monoisotopic (exact) mass is 364 g/mol. The highest BCUT2D eigenvalue weighted by Crippen LogP contribution is 2.23. The van der Waals surface area contributed by atoms with Crippen molar-refractivity contribution in [1.82, 2.24) is 5.32 Å². The topological polar surface area (TPSA) is 41.1 Å². The van der Waals surface area contributed by atoms with Gasteiger partial charge in [0.25, 0.3) is 5.91 Å². The van der Waals surface area contributed by atoms with E-state index in [1.165, 1.54) is 5.56 Å². The molecular formula is C22H21ClN2O. The van der Waals surface area contributed by atoms with Gasteiger partial charge < -0.3 is 10.6 Å². The molecule has 0 fully saturated rings. The van der Waals surface area contributed by atoms with E-state index in [0.717, 1.165) is 25.1 Å². The first-order chi connectivity index (χ1) is 12.7. The van der Waals surface area contributed by atoms with Gasteiger partial charge in [0, 0.05) is 12.1 Å². The van der Waals surface area contributed by atoms with Crippen molar-refractivity contribution in [2.24, 2.45) is 0 Å². The average Bonchev–Trinajstić information content (AvgIpc) is 2.69. The van der Waals surface area contributed by atoms with Crippen LogP contribution in [0.2, 0.25) is 5.02 Å². The summed E-state index contributed by atoms with van der Waals surface area (Å²) in [5.41, 5.74) is 3.62. The van der Waals surface area contributed by atoms with Crippen LogP contribution >= 0.6 is 11.6 Å². The van der Waals surface area contributed by atoms with E-state index in [2.05, 4.69) is 34.9 Å². The van der Waals surface area contributed by atoms with Gasteiger partial charge in [-0.25, -0.2) is 0 Å². The van der Waals surface area contributed by atoms with Gasteiger partial charge in [-0.2, -0.15) is 0 Å². The fraction of sp³-hybridized carbons (Fsp3) is 0.136. The molecule has 0 atom stereocenters. The maximum Gasteiger partial charge on any atom is 0.255 e. The second kappa shape index (κ2) is 9.18. The normalized spacial score (nSPS) is 10.5. The Kier molecular flexibility index (Phi) is 6.42. The van der Waals surface area contributed by atoms with E-state index in [9.17, 15) is 4.79 Å². The molecule has 132 valence electrons. The van der Waals surface area contributed by atoms with Crippen molar-refractivity contribution in [2.75, 3.05) is 11.9 Å². The molecule has 0 aromatic heterocycles. The largest absolute Gasteiger partial charge is 0.321 e. The summed E-state index contributed by atoms with van der Waals surface area (Å²) in [5, 5.41) is 6.84. The highest BCUT2D eigenvalue weighted by molar-refractivity contribution is 6.34. The van der Waals surface area contributed by atoms with Crippen molar-refractivity contribution in [3.05, 3.63) is 101 Å². The Morgan fingerprint density at radius 1 is 0.846 bits per heavy atom. The van der Waals surface area contributed by atoms with Crippen LogP contribution in [-0.4, -0.2) is 12.5 Å².